The zero-order chi connectivity index (χ0) is 22.9. The number of epoxide rings is 1. The van der Waals surface area contributed by atoms with Crippen molar-refractivity contribution in [2.75, 3.05) is 31.2 Å². The number of carbonyl (C=O) groups is 1. The lowest BCUT2D eigenvalue weighted by Crippen LogP contribution is -2.31. The van der Waals surface area contributed by atoms with Crippen LogP contribution in [0.2, 0.25) is 0 Å². The minimum absolute atomic E-state index is 0.000205. The molecular formula is C21H28N6O5. The maximum atomic E-state index is 11.5. The molecule has 0 saturated carbocycles. The number of rotatable bonds is 9. The molecule has 2 aliphatic rings. The summed E-state index contributed by atoms with van der Waals surface area (Å²) < 4.78 is 11.7. The van der Waals surface area contributed by atoms with Gasteiger partial charge in [-0.1, -0.05) is 12.1 Å². The fourth-order valence-electron chi connectivity index (χ4n) is 3.35. The number of nitrogens with zero attached hydrogens (tertiary/aromatic N) is 2. The Morgan fingerprint density at radius 1 is 1.34 bits per heavy atom. The summed E-state index contributed by atoms with van der Waals surface area (Å²) >= 11 is 0. The average Bonchev–Trinajstić information content (AvgIpc) is 3.34. The van der Waals surface area contributed by atoms with Crippen LogP contribution in [0.1, 0.15) is 31.9 Å². The molecule has 32 heavy (non-hydrogen) atoms. The number of amides is 1. The number of nitrogen functional groups attached to an aromatic ring is 2. The highest BCUT2D eigenvalue weighted by atomic mass is 16.7. The molecule has 172 valence electrons. The first-order valence-corrected chi connectivity index (χ1v) is 10.4. The van der Waals surface area contributed by atoms with Gasteiger partial charge in [0.15, 0.2) is 12.1 Å². The van der Waals surface area contributed by atoms with Crippen LogP contribution in [0.3, 0.4) is 0 Å². The van der Waals surface area contributed by atoms with E-state index in [1.807, 2.05) is 6.07 Å². The van der Waals surface area contributed by atoms with Crippen molar-refractivity contribution in [2.24, 2.45) is 5.92 Å². The van der Waals surface area contributed by atoms with Crippen molar-refractivity contribution in [2.45, 2.75) is 38.2 Å². The van der Waals surface area contributed by atoms with Gasteiger partial charge in [0.25, 0.3) is 0 Å². The molecular weight excluding hydrogens is 416 g/mol. The molecule has 2 fully saturated rings. The molecule has 0 bridgehead atoms. The second-order valence-corrected chi connectivity index (χ2v) is 8.66. The lowest BCUT2D eigenvalue weighted by Gasteiger charge is -2.16. The molecule has 0 radical (unpaired) electrons. The van der Waals surface area contributed by atoms with Gasteiger partial charge in [0.2, 0.25) is 11.8 Å². The molecule has 11 nitrogen and oxygen atoms in total. The van der Waals surface area contributed by atoms with Gasteiger partial charge in [-0.3, -0.25) is 9.63 Å². The number of hydrogen-bond donors (Lipinski definition) is 5. The summed E-state index contributed by atoms with van der Waals surface area (Å²) in [4.78, 5) is 25.8. The van der Waals surface area contributed by atoms with Crippen LogP contribution in [-0.2, 0) is 14.4 Å². The summed E-state index contributed by atoms with van der Waals surface area (Å²) in [6, 6.07) is 7.15. The second-order valence-electron chi connectivity index (χ2n) is 8.66. The van der Waals surface area contributed by atoms with E-state index in [1.165, 1.54) is 0 Å². The number of ether oxygens (including phenoxy) is 2. The summed E-state index contributed by atoms with van der Waals surface area (Å²) in [6.45, 7) is 4.18. The van der Waals surface area contributed by atoms with Crippen molar-refractivity contribution >= 4 is 17.4 Å². The summed E-state index contributed by atoms with van der Waals surface area (Å²) in [6.07, 6.45) is -0.573. The van der Waals surface area contributed by atoms with Gasteiger partial charge in [-0.15, -0.1) is 0 Å². The van der Waals surface area contributed by atoms with E-state index in [-0.39, 0.29) is 30.1 Å². The van der Waals surface area contributed by atoms with Crippen LogP contribution in [0.5, 0.6) is 5.88 Å². The Hall–Kier alpha value is -2.99. The van der Waals surface area contributed by atoms with Crippen LogP contribution in [0.15, 0.2) is 24.3 Å². The minimum Gasteiger partial charge on any atom is -0.477 e. The number of nitrogens with one attached hydrogen (secondary N) is 2. The summed E-state index contributed by atoms with van der Waals surface area (Å²) in [5.74, 6) is 0.903. The molecule has 7 N–H and O–H groups in total. The number of hydrogen-bond acceptors (Lipinski definition) is 10. The molecule has 2 aliphatic heterocycles. The van der Waals surface area contributed by atoms with E-state index in [1.54, 1.807) is 32.0 Å². The van der Waals surface area contributed by atoms with Crippen molar-refractivity contribution in [3.05, 3.63) is 29.8 Å². The van der Waals surface area contributed by atoms with Crippen molar-refractivity contribution in [3.63, 3.8) is 0 Å². The lowest BCUT2D eigenvalue weighted by atomic mass is 10.1. The fourth-order valence-corrected chi connectivity index (χ4v) is 3.35. The standard InChI is InChI=1S/C21H28N6O5/c1-21(2,29)10-31-27-20-16(32-20)15-17(23)25-18(12-4-3-5-13(22)7-12)26-19(15)30-9-11-6-14(28)24-8-11/h3-5,7,11,16,20,27,29H,6,8-10,22H2,1-2H3,(H,24,28)(H2,23,25,26). The number of aromatic nitrogens is 2. The topological polar surface area (TPSA) is 170 Å². The third kappa shape index (κ3) is 5.43. The molecule has 3 heterocycles. The van der Waals surface area contributed by atoms with Gasteiger partial charge in [-0.2, -0.15) is 10.5 Å². The molecule has 1 aromatic carbocycles. The predicted octanol–water partition coefficient (Wildman–Crippen LogP) is 0.512. The molecule has 0 spiro atoms. The van der Waals surface area contributed by atoms with Crippen LogP contribution in [-0.4, -0.2) is 52.6 Å². The SMILES string of the molecule is CC(C)(O)CONC1OC1c1c(N)nc(-c2cccc(N)c2)nc1OCC1CNC(=O)C1. The van der Waals surface area contributed by atoms with E-state index in [0.717, 1.165) is 0 Å². The fraction of sp³-hybridized carbons (Fsp3) is 0.476. The Morgan fingerprint density at radius 2 is 2.16 bits per heavy atom. The van der Waals surface area contributed by atoms with Crippen molar-refractivity contribution < 1.29 is 24.2 Å². The van der Waals surface area contributed by atoms with E-state index in [0.29, 0.717) is 42.2 Å². The summed E-state index contributed by atoms with van der Waals surface area (Å²) in [7, 11) is 0. The maximum absolute atomic E-state index is 11.5. The van der Waals surface area contributed by atoms with E-state index in [4.69, 9.17) is 25.8 Å². The number of aliphatic hydroxyl groups is 1. The van der Waals surface area contributed by atoms with E-state index in [9.17, 15) is 9.90 Å². The van der Waals surface area contributed by atoms with E-state index in [2.05, 4.69) is 20.8 Å². The van der Waals surface area contributed by atoms with Crippen LogP contribution in [0.25, 0.3) is 11.4 Å². The highest BCUT2D eigenvalue weighted by Crippen LogP contribution is 2.44. The summed E-state index contributed by atoms with van der Waals surface area (Å²) in [5, 5.41) is 12.6. The number of nitrogens with two attached hydrogens (primary N) is 2. The summed E-state index contributed by atoms with van der Waals surface area (Å²) in [5.41, 5.74) is 15.7. The normalized spacial score (nSPS) is 22.6. The molecule has 3 unspecified atom stereocenters. The molecule has 11 heteroatoms. The van der Waals surface area contributed by atoms with Gasteiger partial charge >= 0.3 is 0 Å². The lowest BCUT2D eigenvalue weighted by molar-refractivity contribution is -0.119. The third-order valence-corrected chi connectivity index (χ3v) is 5.00. The zero-order valence-corrected chi connectivity index (χ0v) is 18.0. The number of anilines is 2. The Balaban J connectivity index is 1.55. The van der Waals surface area contributed by atoms with Gasteiger partial charge in [-0.25, -0.2) is 4.98 Å². The van der Waals surface area contributed by atoms with Gasteiger partial charge in [-0.05, 0) is 26.0 Å². The van der Waals surface area contributed by atoms with Gasteiger partial charge in [0.05, 0.1) is 24.4 Å². The van der Waals surface area contributed by atoms with Gasteiger partial charge in [0, 0.05) is 30.1 Å². The molecule has 2 aromatic rings. The molecule has 0 aliphatic carbocycles. The van der Waals surface area contributed by atoms with E-state index < -0.39 is 17.9 Å². The monoisotopic (exact) mass is 444 g/mol. The maximum Gasteiger partial charge on any atom is 0.225 e. The Labute approximate surface area is 185 Å². The molecule has 3 atom stereocenters. The van der Waals surface area contributed by atoms with Gasteiger partial charge < -0.3 is 31.4 Å². The molecule has 1 aromatic heterocycles. The Morgan fingerprint density at radius 3 is 2.84 bits per heavy atom. The quantitative estimate of drug-likeness (QED) is 0.209. The molecule has 4 rings (SSSR count). The minimum atomic E-state index is -0.986. The van der Waals surface area contributed by atoms with Crippen LogP contribution < -0.4 is 27.0 Å². The highest BCUT2D eigenvalue weighted by Gasteiger charge is 2.45. The average molecular weight is 444 g/mol. The number of carbonyl (C=O) groups excluding carboxylic acids is 1. The zero-order valence-electron chi connectivity index (χ0n) is 18.0. The second kappa shape index (κ2) is 8.87. The first kappa shape index (κ1) is 22.2. The van der Waals surface area contributed by atoms with Crippen molar-refractivity contribution in [3.8, 4) is 17.3 Å². The highest BCUT2D eigenvalue weighted by molar-refractivity contribution is 5.78. The van der Waals surface area contributed by atoms with Crippen LogP contribution in [0, 0.1) is 5.92 Å². The Bertz CT molecular complexity index is 995. The molecule has 2 saturated heterocycles. The van der Waals surface area contributed by atoms with Crippen molar-refractivity contribution in [1.29, 1.82) is 0 Å². The third-order valence-electron chi connectivity index (χ3n) is 5.00. The van der Waals surface area contributed by atoms with Crippen LogP contribution >= 0.6 is 0 Å². The first-order valence-electron chi connectivity index (χ1n) is 10.4. The number of hydroxylamine groups is 1. The van der Waals surface area contributed by atoms with Crippen molar-refractivity contribution in [1.82, 2.24) is 20.8 Å². The largest absolute Gasteiger partial charge is 0.477 e. The Kier molecular flexibility index (Phi) is 6.15. The first-order chi connectivity index (χ1) is 15.2. The van der Waals surface area contributed by atoms with E-state index >= 15 is 0 Å². The predicted molar refractivity (Wildman–Crippen MR) is 116 cm³/mol. The molecule has 1 amide bonds. The van der Waals surface area contributed by atoms with Crippen LogP contribution in [0.4, 0.5) is 11.5 Å². The van der Waals surface area contributed by atoms with Gasteiger partial charge in [0.1, 0.15) is 11.9 Å². The number of benzene rings is 1. The smallest absolute Gasteiger partial charge is 0.225 e.